The molecule has 0 bridgehead atoms. The Bertz CT molecular complexity index is 1210. The monoisotopic (exact) mass is 436 g/mol. The molecule has 31 heavy (non-hydrogen) atoms. The predicted octanol–water partition coefficient (Wildman–Crippen LogP) is 3.56. The minimum atomic E-state index is -3.44. The Morgan fingerprint density at radius 1 is 0.935 bits per heavy atom. The summed E-state index contributed by atoms with van der Waals surface area (Å²) in [5, 5.41) is 4.86. The lowest BCUT2D eigenvalue weighted by Gasteiger charge is -2.30. The van der Waals surface area contributed by atoms with Crippen molar-refractivity contribution in [1.29, 1.82) is 0 Å². The number of rotatable bonds is 4. The average Bonchev–Trinajstić information content (AvgIpc) is 3.46. The average molecular weight is 437 g/mol. The number of sulfonamides is 1. The molecule has 1 spiro atoms. The van der Waals surface area contributed by atoms with E-state index < -0.39 is 10.0 Å². The van der Waals surface area contributed by atoms with E-state index in [0.29, 0.717) is 18.0 Å². The fourth-order valence-electron chi connectivity index (χ4n) is 5.36. The molecule has 2 N–H and O–H groups in total. The lowest BCUT2D eigenvalue weighted by atomic mass is 9.97. The van der Waals surface area contributed by atoms with Crippen molar-refractivity contribution in [1.82, 2.24) is 14.6 Å². The number of aromatic amines is 1. The zero-order valence-electron chi connectivity index (χ0n) is 17.6. The van der Waals surface area contributed by atoms with Crippen LogP contribution in [0, 0.1) is 0 Å². The van der Waals surface area contributed by atoms with Crippen molar-refractivity contribution in [3.05, 3.63) is 48.5 Å². The minimum Gasteiger partial charge on any atom is -0.369 e. The van der Waals surface area contributed by atoms with Crippen LogP contribution in [-0.4, -0.2) is 56.0 Å². The van der Waals surface area contributed by atoms with E-state index in [9.17, 15) is 8.42 Å². The van der Waals surface area contributed by atoms with Crippen LogP contribution in [0.1, 0.15) is 25.7 Å². The highest BCUT2D eigenvalue weighted by Crippen LogP contribution is 2.40. The first kappa shape index (κ1) is 19.3. The summed E-state index contributed by atoms with van der Waals surface area (Å²) < 4.78 is 27.8. The van der Waals surface area contributed by atoms with Crippen LogP contribution in [0.2, 0.25) is 0 Å². The Morgan fingerprint density at radius 2 is 1.81 bits per heavy atom. The van der Waals surface area contributed by atoms with Gasteiger partial charge in [0.1, 0.15) is 0 Å². The van der Waals surface area contributed by atoms with Crippen LogP contribution in [-0.2, 0) is 10.0 Å². The summed E-state index contributed by atoms with van der Waals surface area (Å²) in [4.78, 5) is 6.34. The van der Waals surface area contributed by atoms with Crippen molar-refractivity contribution in [2.75, 3.05) is 37.6 Å². The van der Waals surface area contributed by atoms with Gasteiger partial charge in [-0.3, -0.25) is 0 Å². The van der Waals surface area contributed by atoms with E-state index in [1.54, 1.807) is 10.4 Å². The minimum absolute atomic E-state index is 0.208. The molecule has 1 aromatic heterocycles. The largest absolute Gasteiger partial charge is 0.369 e. The van der Waals surface area contributed by atoms with Gasteiger partial charge in [0.05, 0.1) is 4.90 Å². The number of aromatic nitrogens is 1. The third-order valence-corrected chi connectivity index (χ3v) is 9.16. The number of fused-ring (bicyclic) bond motifs is 1. The number of para-hydroxylation sites is 1. The highest BCUT2D eigenvalue weighted by Gasteiger charge is 2.41. The SMILES string of the molecule is O=S(=O)(c1ccc(N2CCC3(CCCN3)C2)c(-c2cc3ccccc3[nH]2)c1)N1CCC1. The van der Waals surface area contributed by atoms with Crippen molar-refractivity contribution < 1.29 is 8.42 Å². The highest BCUT2D eigenvalue weighted by atomic mass is 32.2. The summed E-state index contributed by atoms with van der Waals surface area (Å²) >= 11 is 0. The number of nitrogens with zero attached hydrogens (tertiary/aromatic N) is 2. The van der Waals surface area contributed by atoms with Gasteiger partial charge in [-0.25, -0.2) is 8.42 Å². The first-order valence-corrected chi connectivity index (χ1v) is 12.7. The van der Waals surface area contributed by atoms with Crippen LogP contribution in [0.5, 0.6) is 0 Å². The molecule has 1 atom stereocenters. The van der Waals surface area contributed by atoms with Gasteiger partial charge < -0.3 is 15.2 Å². The van der Waals surface area contributed by atoms with Gasteiger partial charge in [0, 0.05) is 59.6 Å². The molecule has 162 valence electrons. The molecule has 3 aliphatic rings. The first-order valence-electron chi connectivity index (χ1n) is 11.3. The molecule has 2 aromatic carbocycles. The van der Waals surface area contributed by atoms with Crippen molar-refractivity contribution in [3.63, 3.8) is 0 Å². The van der Waals surface area contributed by atoms with Crippen LogP contribution >= 0.6 is 0 Å². The second-order valence-corrected chi connectivity index (χ2v) is 11.1. The van der Waals surface area contributed by atoms with Gasteiger partial charge in [-0.15, -0.1) is 0 Å². The van der Waals surface area contributed by atoms with E-state index in [1.165, 1.54) is 12.8 Å². The topological polar surface area (TPSA) is 68.4 Å². The maximum absolute atomic E-state index is 13.1. The van der Waals surface area contributed by atoms with Gasteiger partial charge in [-0.2, -0.15) is 4.31 Å². The third kappa shape index (κ3) is 3.18. The fourth-order valence-corrected chi connectivity index (χ4v) is 6.90. The van der Waals surface area contributed by atoms with E-state index in [-0.39, 0.29) is 5.54 Å². The Labute approximate surface area is 183 Å². The van der Waals surface area contributed by atoms with E-state index in [2.05, 4.69) is 33.4 Å². The Morgan fingerprint density at radius 3 is 2.55 bits per heavy atom. The third-order valence-electron chi connectivity index (χ3n) is 7.27. The normalized spacial score (nSPS) is 24.3. The maximum Gasteiger partial charge on any atom is 0.243 e. The molecule has 0 amide bonds. The summed E-state index contributed by atoms with van der Waals surface area (Å²) in [6, 6.07) is 16.0. The van der Waals surface area contributed by atoms with E-state index in [1.807, 2.05) is 24.3 Å². The maximum atomic E-state index is 13.1. The number of anilines is 1. The lowest BCUT2D eigenvalue weighted by Crippen LogP contribution is -2.42. The molecular formula is C24H28N4O2S. The van der Waals surface area contributed by atoms with Gasteiger partial charge in [0.25, 0.3) is 0 Å². The Hall–Kier alpha value is -2.35. The van der Waals surface area contributed by atoms with Crippen LogP contribution in [0.25, 0.3) is 22.2 Å². The van der Waals surface area contributed by atoms with Crippen molar-refractivity contribution in [3.8, 4) is 11.3 Å². The second-order valence-electron chi connectivity index (χ2n) is 9.19. The fraction of sp³-hybridized carbons (Fsp3) is 0.417. The predicted molar refractivity (Wildman–Crippen MR) is 124 cm³/mol. The molecule has 3 saturated heterocycles. The molecule has 1 unspecified atom stereocenters. The second kappa shape index (κ2) is 7.08. The molecule has 0 radical (unpaired) electrons. The summed E-state index contributed by atoms with van der Waals surface area (Å²) in [6.45, 7) is 4.28. The van der Waals surface area contributed by atoms with Crippen LogP contribution < -0.4 is 10.2 Å². The smallest absolute Gasteiger partial charge is 0.243 e. The summed E-state index contributed by atoms with van der Waals surface area (Å²) in [7, 11) is -3.44. The Kier molecular flexibility index (Phi) is 4.42. The number of benzene rings is 2. The Balaban J connectivity index is 1.46. The highest BCUT2D eigenvalue weighted by molar-refractivity contribution is 7.89. The van der Waals surface area contributed by atoms with Crippen molar-refractivity contribution >= 4 is 26.6 Å². The van der Waals surface area contributed by atoms with Gasteiger partial charge in [-0.05, 0) is 62.6 Å². The molecule has 6 nitrogen and oxygen atoms in total. The van der Waals surface area contributed by atoms with Gasteiger partial charge in [0.2, 0.25) is 10.0 Å². The molecule has 0 aliphatic carbocycles. The first-order chi connectivity index (χ1) is 15.0. The number of hydrogen-bond acceptors (Lipinski definition) is 4. The molecule has 3 fully saturated rings. The van der Waals surface area contributed by atoms with Crippen molar-refractivity contribution in [2.24, 2.45) is 0 Å². The molecule has 6 rings (SSSR count). The number of nitrogens with one attached hydrogen (secondary N) is 2. The lowest BCUT2D eigenvalue weighted by molar-refractivity contribution is 0.309. The number of H-pyrrole nitrogens is 1. The number of hydrogen-bond donors (Lipinski definition) is 2. The van der Waals surface area contributed by atoms with E-state index in [0.717, 1.165) is 60.3 Å². The summed E-state index contributed by atoms with van der Waals surface area (Å²) in [5.41, 5.74) is 4.32. The van der Waals surface area contributed by atoms with E-state index >= 15 is 0 Å². The molecule has 4 heterocycles. The summed E-state index contributed by atoms with van der Waals surface area (Å²) in [6.07, 6.45) is 4.52. The van der Waals surface area contributed by atoms with Gasteiger partial charge in [-0.1, -0.05) is 18.2 Å². The molecule has 7 heteroatoms. The molecular weight excluding hydrogens is 408 g/mol. The molecule has 3 aromatic rings. The van der Waals surface area contributed by atoms with Crippen LogP contribution in [0.4, 0.5) is 5.69 Å². The van der Waals surface area contributed by atoms with Gasteiger partial charge in [0.15, 0.2) is 0 Å². The van der Waals surface area contributed by atoms with Gasteiger partial charge >= 0.3 is 0 Å². The standard InChI is InChI=1S/C24H28N4O2S/c29-31(30,28-12-4-13-28)19-7-8-23(27-14-10-24(17-27)9-3-11-25-24)20(16-19)22-15-18-5-1-2-6-21(18)26-22/h1-2,5-8,15-16,25-26H,3-4,9-14,17H2. The van der Waals surface area contributed by atoms with Crippen LogP contribution in [0.3, 0.4) is 0 Å². The van der Waals surface area contributed by atoms with Crippen molar-refractivity contribution in [2.45, 2.75) is 36.1 Å². The summed E-state index contributed by atoms with van der Waals surface area (Å²) in [5.74, 6) is 0. The van der Waals surface area contributed by atoms with E-state index in [4.69, 9.17) is 0 Å². The molecule has 0 saturated carbocycles. The zero-order valence-corrected chi connectivity index (χ0v) is 18.4. The quantitative estimate of drug-likeness (QED) is 0.656. The zero-order chi connectivity index (χ0) is 21.1. The molecule has 3 aliphatic heterocycles. The van der Waals surface area contributed by atoms with Crippen LogP contribution in [0.15, 0.2) is 53.4 Å².